The predicted molar refractivity (Wildman–Crippen MR) is 113 cm³/mol. The van der Waals surface area contributed by atoms with Crippen LogP contribution >= 0.6 is 23.1 Å². The predicted octanol–water partition coefficient (Wildman–Crippen LogP) is 5.28. The normalized spacial score (nSPS) is 10.8. The van der Waals surface area contributed by atoms with E-state index in [2.05, 4.69) is 58.0 Å². The Morgan fingerprint density at radius 1 is 0.926 bits per heavy atom. The molecule has 4 nitrogen and oxygen atoms in total. The van der Waals surface area contributed by atoms with Gasteiger partial charge >= 0.3 is 0 Å². The van der Waals surface area contributed by atoms with E-state index in [0.717, 1.165) is 17.2 Å². The first-order valence-corrected chi connectivity index (χ1v) is 10.4. The molecule has 0 aliphatic heterocycles. The van der Waals surface area contributed by atoms with Crippen molar-refractivity contribution in [2.75, 3.05) is 11.1 Å². The van der Waals surface area contributed by atoms with E-state index in [1.54, 1.807) is 23.9 Å². The van der Waals surface area contributed by atoms with Gasteiger partial charge in [0.25, 0.3) is 5.91 Å². The van der Waals surface area contributed by atoms with E-state index in [1.807, 2.05) is 18.2 Å². The quantitative estimate of drug-likeness (QED) is 0.455. The van der Waals surface area contributed by atoms with Crippen molar-refractivity contribution in [3.63, 3.8) is 0 Å². The molecular formula is C21H17N3OS2. The van der Waals surface area contributed by atoms with Gasteiger partial charge in [0.05, 0.1) is 0 Å². The lowest BCUT2D eigenvalue weighted by atomic mass is 10.1. The summed E-state index contributed by atoms with van der Waals surface area (Å²) in [5.74, 6) is 0.753. The summed E-state index contributed by atoms with van der Waals surface area (Å²) in [7, 11) is 0. The van der Waals surface area contributed by atoms with Crippen molar-refractivity contribution in [1.82, 2.24) is 10.2 Å². The summed E-state index contributed by atoms with van der Waals surface area (Å²) >= 11 is 3.23. The number of hydrogen-bond donors (Lipinski definition) is 1. The molecule has 0 bridgehead atoms. The van der Waals surface area contributed by atoms with Crippen molar-refractivity contribution in [3.05, 3.63) is 83.4 Å². The highest BCUT2D eigenvalue weighted by Gasteiger charge is 2.10. The van der Waals surface area contributed by atoms with E-state index < -0.39 is 0 Å². The van der Waals surface area contributed by atoms with Crippen LogP contribution in [0.15, 0.2) is 77.7 Å². The molecule has 3 aromatic carbocycles. The molecule has 4 aromatic rings. The molecule has 0 atom stereocenters. The summed E-state index contributed by atoms with van der Waals surface area (Å²) in [6, 6.07) is 24.0. The van der Waals surface area contributed by atoms with Crippen molar-refractivity contribution in [2.24, 2.45) is 0 Å². The zero-order valence-electron chi connectivity index (χ0n) is 14.5. The number of aryl methyl sites for hydroxylation is 1. The first kappa shape index (κ1) is 17.7. The second-order valence-electron chi connectivity index (χ2n) is 5.93. The van der Waals surface area contributed by atoms with Crippen LogP contribution in [0.5, 0.6) is 0 Å². The molecule has 0 fully saturated rings. The third-order valence-corrected chi connectivity index (χ3v) is 5.92. The lowest BCUT2D eigenvalue weighted by molar-refractivity contribution is 0.102. The second kappa shape index (κ2) is 8.33. The van der Waals surface area contributed by atoms with Crippen molar-refractivity contribution in [3.8, 4) is 0 Å². The molecule has 0 saturated heterocycles. The van der Waals surface area contributed by atoms with E-state index in [-0.39, 0.29) is 5.91 Å². The van der Waals surface area contributed by atoms with Gasteiger partial charge in [-0.1, -0.05) is 59.9 Å². The minimum Gasteiger partial charge on any atom is -0.296 e. The number of rotatable bonds is 6. The molecule has 4 rings (SSSR count). The van der Waals surface area contributed by atoms with Crippen molar-refractivity contribution >= 4 is 44.9 Å². The Hall–Kier alpha value is -2.70. The number of fused-ring (bicyclic) bond motifs is 1. The third kappa shape index (κ3) is 4.53. The SMILES string of the molecule is O=C(Nc1nnc(CCSc2ccc3ccccc3c2)s1)c1ccccc1. The smallest absolute Gasteiger partial charge is 0.257 e. The molecule has 1 N–H and O–H groups in total. The molecule has 0 spiro atoms. The summed E-state index contributed by atoms with van der Waals surface area (Å²) in [4.78, 5) is 13.4. The fourth-order valence-corrected chi connectivity index (χ4v) is 4.45. The highest BCUT2D eigenvalue weighted by molar-refractivity contribution is 7.99. The maximum absolute atomic E-state index is 12.2. The Labute approximate surface area is 165 Å². The van der Waals surface area contributed by atoms with Crippen LogP contribution in [0, 0.1) is 0 Å². The topological polar surface area (TPSA) is 54.9 Å². The molecule has 0 radical (unpaired) electrons. The van der Waals surface area contributed by atoms with Gasteiger partial charge in [0.2, 0.25) is 5.13 Å². The van der Waals surface area contributed by atoms with Crippen LogP contribution in [0.3, 0.4) is 0 Å². The molecule has 27 heavy (non-hydrogen) atoms. The van der Waals surface area contributed by atoms with Gasteiger partial charge in [-0.15, -0.1) is 22.0 Å². The Balaban J connectivity index is 1.32. The van der Waals surface area contributed by atoms with Crippen LogP contribution in [-0.2, 0) is 6.42 Å². The number of nitrogens with zero attached hydrogens (tertiary/aromatic N) is 2. The van der Waals surface area contributed by atoms with Crippen molar-refractivity contribution < 1.29 is 4.79 Å². The lowest BCUT2D eigenvalue weighted by Gasteiger charge is -2.02. The molecule has 1 amide bonds. The van der Waals surface area contributed by atoms with Gasteiger partial charge in [-0.25, -0.2) is 0 Å². The van der Waals surface area contributed by atoms with Crippen LogP contribution < -0.4 is 5.32 Å². The number of hydrogen-bond acceptors (Lipinski definition) is 5. The van der Waals surface area contributed by atoms with Crippen LogP contribution in [-0.4, -0.2) is 21.9 Å². The van der Waals surface area contributed by atoms with E-state index >= 15 is 0 Å². The molecule has 1 heterocycles. The van der Waals surface area contributed by atoms with E-state index in [4.69, 9.17) is 0 Å². The van der Waals surface area contributed by atoms with Crippen LogP contribution in [0.25, 0.3) is 10.8 Å². The maximum Gasteiger partial charge on any atom is 0.257 e. The highest BCUT2D eigenvalue weighted by Crippen LogP contribution is 2.25. The van der Waals surface area contributed by atoms with Crippen LogP contribution in [0.4, 0.5) is 5.13 Å². The number of aromatic nitrogens is 2. The number of benzene rings is 3. The number of carbonyl (C=O) groups excluding carboxylic acids is 1. The largest absolute Gasteiger partial charge is 0.296 e. The third-order valence-electron chi connectivity index (χ3n) is 4.03. The van der Waals surface area contributed by atoms with Crippen LogP contribution in [0.1, 0.15) is 15.4 Å². The summed E-state index contributed by atoms with van der Waals surface area (Å²) in [5, 5.41) is 15.0. The maximum atomic E-state index is 12.2. The Morgan fingerprint density at radius 3 is 2.56 bits per heavy atom. The molecular weight excluding hydrogens is 374 g/mol. The van der Waals surface area contributed by atoms with Gasteiger partial charge in [-0.3, -0.25) is 10.1 Å². The minimum absolute atomic E-state index is 0.163. The summed E-state index contributed by atoms with van der Waals surface area (Å²) in [6.07, 6.45) is 0.816. The molecule has 0 unspecified atom stereocenters. The second-order valence-corrected chi connectivity index (χ2v) is 8.16. The minimum atomic E-state index is -0.163. The van der Waals surface area contributed by atoms with E-state index in [0.29, 0.717) is 10.7 Å². The van der Waals surface area contributed by atoms with Gasteiger partial charge < -0.3 is 0 Å². The van der Waals surface area contributed by atoms with Gasteiger partial charge in [0, 0.05) is 22.6 Å². The first-order chi connectivity index (χ1) is 13.3. The van der Waals surface area contributed by atoms with Gasteiger partial charge in [0.15, 0.2) is 0 Å². The zero-order chi connectivity index (χ0) is 18.5. The summed E-state index contributed by atoms with van der Waals surface area (Å²) < 4.78 is 0. The van der Waals surface area contributed by atoms with Gasteiger partial charge in [-0.05, 0) is 35.0 Å². The number of carbonyl (C=O) groups is 1. The van der Waals surface area contributed by atoms with Crippen molar-refractivity contribution in [2.45, 2.75) is 11.3 Å². The Bertz CT molecular complexity index is 1060. The molecule has 1 aromatic heterocycles. The number of amides is 1. The molecule has 6 heteroatoms. The van der Waals surface area contributed by atoms with E-state index in [9.17, 15) is 4.79 Å². The number of thioether (sulfide) groups is 1. The Kier molecular flexibility index (Phi) is 5.46. The van der Waals surface area contributed by atoms with Crippen molar-refractivity contribution in [1.29, 1.82) is 0 Å². The fourth-order valence-electron chi connectivity index (χ4n) is 2.68. The number of anilines is 1. The number of nitrogens with one attached hydrogen (secondary N) is 1. The molecule has 0 saturated carbocycles. The molecule has 134 valence electrons. The first-order valence-electron chi connectivity index (χ1n) is 8.58. The van der Waals surface area contributed by atoms with Crippen LogP contribution in [0.2, 0.25) is 0 Å². The summed E-state index contributed by atoms with van der Waals surface area (Å²) in [6.45, 7) is 0. The highest BCUT2D eigenvalue weighted by atomic mass is 32.2. The molecule has 0 aliphatic rings. The summed E-state index contributed by atoms with van der Waals surface area (Å²) in [5.41, 5.74) is 0.612. The zero-order valence-corrected chi connectivity index (χ0v) is 16.1. The molecule has 0 aliphatic carbocycles. The average molecular weight is 392 g/mol. The monoisotopic (exact) mass is 391 g/mol. The average Bonchev–Trinajstić information content (AvgIpc) is 3.15. The van der Waals surface area contributed by atoms with E-state index in [1.165, 1.54) is 27.0 Å². The lowest BCUT2D eigenvalue weighted by Crippen LogP contribution is -2.11. The van der Waals surface area contributed by atoms with Gasteiger partial charge in [0.1, 0.15) is 5.01 Å². The fraction of sp³-hybridized carbons (Fsp3) is 0.0952. The standard InChI is InChI=1S/C21H17N3OS2/c25-20(16-7-2-1-3-8-16)22-21-24-23-19(27-21)12-13-26-18-11-10-15-6-4-5-9-17(15)14-18/h1-11,14H,12-13H2,(H,22,24,25). The van der Waals surface area contributed by atoms with Gasteiger partial charge in [-0.2, -0.15) is 0 Å². The Morgan fingerprint density at radius 2 is 1.70 bits per heavy atom.